The fourth-order valence-corrected chi connectivity index (χ4v) is 0.972. The summed E-state index contributed by atoms with van der Waals surface area (Å²) in [4.78, 5) is 2.32. The third-order valence-corrected chi connectivity index (χ3v) is 2.26. The van der Waals surface area contributed by atoms with E-state index in [-0.39, 0.29) is 5.54 Å². The molecular weight excluding hydrogens is 124 g/mol. The van der Waals surface area contributed by atoms with Crippen LogP contribution in [-0.2, 0) is 0 Å². The second-order valence-electron chi connectivity index (χ2n) is 3.37. The van der Waals surface area contributed by atoms with Gasteiger partial charge in [-0.1, -0.05) is 6.92 Å². The third kappa shape index (κ3) is 2.67. The van der Waals surface area contributed by atoms with Crippen molar-refractivity contribution in [2.45, 2.75) is 32.7 Å². The van der Waals surface area contributed by atoms with Crippen molar-refractivity contribution >= 4 is 0 Å². The summed E-state index contributed by atoms with van der Waals surface area (Å²) in [6, 6.07) is 0. The minimum atomic E-state index is 0.267. The predicted molar refractivity (Wildman–Crippen MR) is 46.1 cm³/mol. The Kier molecular flexibility index (Phi) is 3.91. The molecule has 62 valence electrons. The van der Waals surface area contributed by atoms with Crippen LogP contribution in [0, 0.1) is 0 Å². The summed E-state index contributed by atoms with van der Waals surface area (Å²) in [7, 11) is 2.13. The molecular formula is C8H20N2. The van der Waals surface area contributed by atoms with Crippen molar-refractivity contribution in [1.29, 1.82) is 0 Å². The molecule has 0 saturated carbocycles. The SMILES string of the molecule is CCN(C)C(C)(C)CCN. The van der Waals surface area contributed by atoms with E-state index in [0.717, 1.165) is 19.5 Å². The lowest BCUT2D eigenvalue weighted by Gasteiger charge is -2.34. The zero-order chi connectivity index (χ0) is 8.20. The Morgan fingerprint density at radius 1 is 1.40 bits per heavy atom. The van der Waals surface area contributed by atoms with Crippen molar-refractivity contribution in [3.63, 3.8) is 0 Å². The first kappa shape index (κ1) is 9.92. The molecule has 0 aromatic heterocycles. The van der Waals surface area contributed by atoms with Gasteiger partial charge in [-0.15, -0.1) is 0 Å². The van der Waals surface area contributed by atoms with Crippen LogP contribution in [0.1, 0.15) is 27.2 Å². The summed E-state index contributed by atoms with van der Waals surface area (Å²) in [5.74, 6) is 0. The molecule has 0 aromatic carbocycles. The van der Waals surface area contributed by atoms with Gasteiger partial charge in [-0.2, -0.15) is 0 Å². The zero-order valence-electron chi connectivity index (χ0n) is 7.65. The van der Waals surface area contributed by atoms with Crippen LogP contribution in [-0.4, -0.2) is 30.6 Å². The van der Waals surface area contributed by atoms with Crippen molar-refractivity contribution in [3.05, 3.63) is 0 Å². The molecule has 0 bridgehead atoms. The highest BCUT2D eigenvalue weighted by Crippen LogP contribution is 2.14. The monoisotopic (exact) mass is 144 g/mol. The minimum absolute atomic E-state index is 0.267. The van der Waals surface area contributed by atoms with E-state index in [1.165, 1.54) is 0 Å². The van der Waals surface area contributed by atoms with E-state index in [9.17, 15) is 0 Å². The van der Waals surface area contributed by atoms with Gasteiger partial charge in [-0.25, -0.2) is 0 Å². The van der Waals surface area contributed by atoms with Crippen molar-refractivity contribution in [2.24, 2.45) is 5.73 Å². The summed E-state index contributed by atoms with van der Waals surface area (Å²) in [5, 5.41) is 0. The molecule has 0 rings (SSSR count). The first-order valence-corrected chi connectivity index (χ1v) is 3.96. The molecule has 0 aliphatic heterocycles. The lowest BCUT2D eigenvalue weighted by Crippen LogP contribution is -2.42. The van der Waals surface area contributed by atoms with Crippen molar-refractivity contribution in [2.75, 3.05) is 20.1 Å². The molecule has 0 atom stereocenters. The third-order valence-electron chi connectivity index (χ3n) is 2.26. The van der Waals surface area contributed by atoms with Crippen LogP contribution in [0.2, 0.25) is 0 Å². The Balaban J connectivity index is 3.82. The molecule has 2 heteroatoms. The minimum Gasteiger partial charge on any atom is -0.330 e. The van der Waals surface area contributed by atoms with Gasteiger partial charge in [0.05, 0.1) is 0 Å². The Hall–Kier alpha value is -0.0800. The van der Waals surface area contributed by atoms with Crippen LogP contribution in [0.5, 0.6) is 0 Å². The molecule has 0 fully saturated rings. The Labute approximate surface area is 64.4 Å². The molecule has 10 heavy (non-hydrogen) atoms. The Bertz CT molecular complexity index is 89.3. The number of nitrogens with zero attached hydrogens (tertiary/aromatic N) is 1. The van der Waals surface area contributed by atoms with Crippen LogP contribution in [0.25, 0.3) is 0 Å². The molecule has 0 saturated heterocycles. The largest absolute Gasteiger partial charge is 0.330 e. The normalized spacial score (nSPS) is 12.6. The maximum atomic E-state index is 5.48. The van der Waals surface area contributed by atoms with E-state index in [0.29, 0.717) is 0 Å². The van der Waals surface area contributed by atoms with E-state index >= 15 is 0 Å². The number of hydrogen-bond acceptors (Lipinski definition) is 2. The van der Waals surface area contributed by atoms with E-state index in [1.807, 2.05) is 0 Å². The fourth-order valence-electron chi connectivity index (χ4n) is 0.972. The summed E-state index contributed by atoms with van der Waals surface area (Å²) >= 11 is 0. The number of rotatable bonds is 4. The van der Waals surface area contributed by atoms with Crippen LogP contribution in [0.3, 0.4) is 0 Å². The molecule has 0 heterocycles. The summed E-state index contributed by atoms with van der Waals surface area (Å²) in [6.45, 7) is 8.48. The van der Waals surface area contributed by atoms with Crippen LogP contribution >= 0.6 is 0 Å². The molecule has 2 N–H and O–H groups in total. The lowest BCUT2D eigenvalue weighted by atomic mass is 9.99. The highest BCUT2D eigenvalue weighted by Gasteiger charge is 2.20. The fraction of sp³-hybridized carbons (Fsp3) is 1.00. The van der Waals surface area contributed by atoms with E-state index < -0.39 is 0 Å². The lowest BCUT2D eigenvalue weighted by molar-refractivity contribution is 0.156. The Morgan fingerprint density at radius 2 is 1.90 bits per heavy atom. The van der Waals surface area contributed by atoms with E-state index in [2.05, 4.69) is 32.7 Å². The molecule has 2 nitrogen and oxygen atoms in total. The maximum Gasteiger partial charge on any atom is 0.0162 e. The van der Waals surface area contributed by atoms with Crippen LogP contribution in [0.15, 0.2) is 0 Å². The molecule has 0 aliphatic rings. The second-order valence-corrected chi connectivity index (χ2v) is 3.37. The van der Waals surface area contributed by atoms with Gasteiger partial charge in [0, 0.05) is 5.54 Å². The van der Waals surface area contributed by atoms with Gasteiger partial charge in [-0.05, 0) is 40.4 Å². The smallest absolute Gasteiger partial charge is 0.0162 e. The zero-order valence-corrected chi connectivity index (χ0v) is 7.65. The number of hydrogen-bond donors (Lipinski definition) is 1. The van der Waals surface area contributed by atoms with Crippen LogP contribution in [0.4, 0.5) is 0 Å². The second kappa shape index (κ2) is 3.94. The quantitative estimate of drug-likeness (QED) is 0.639. The van der Waals surface area contributed by atoms with Crippen molar-refractivity contribution in [3.8, 4) is 0 Å². The first-order chi connectivity index (χ1) is 4.54. The molecule has 0 amide bonds. The maximum absolute atomic E-state index is 5.48. The summed E-state index contributed by atoms with van der Waals surface area (Å²) in [5.41, 5.74) is 5.75. The van der Waals surface area contributed by atoms with Crippen molar-refractivity contribution in [1.82, 2.24) is 4.90 Å². The number of nitrogens with two attached hydrogens (primary N) is 1. The van der Waals surface area contributed by atoms with Gasteiger partial charge in [0.1, 0.15) is 0 Å². The average molecular weight is 144 g/mol. The molecule has 0 spiro atoms. The molecule has 0 unspecified atom stereocenters. The molecule has 0 radical (unpaired) electrons. The van der Waals surface area contributed by atoms with Gasteiger partial charge >= 0.3 is 0 Å². The van der Waals surface area contributed by atoms with Gasteiger partial charge < -0.3 is 10.6 Å². The average Bonchev–Trinajstić information content (AvgIpc) is 1.86. The molecule has 0 aromatic rings. The highest BCUT2D eigenvalue weighted by atomic mass is 15.2. The summed E-state index contributed by atoms with van der Waals surface area (Å²) in [6.07, 6.45) is 1.07. The van der Waals surface area contributed by atoms with Crippen LogP contribution < -0.4 is 5.73 Å². The topological polar surface area (TPSA) is 29.3 Å². The van der Waals surface area contributed by atoms with E-state index in [4.69, 9.17) is 5.73 Å². The van der Waals surface area contributed by atoms with Gasteiger partial charge in [0.2, 0.25) is 0 Å². The van der Waals surface area contributed by atoms with Crippen molar-refractivity contribution < 1.29 is 0 Å². The summed E-state index contributed by atoms with van der Waals surface area (Å²) < 4.78 is 0. The highest BCUT2D eigenvalue weighted by molar-refractivity contribution is 4.78. The predicted octanol–water partition coefficient (Wildman–Crippen LogP) is 1.07. The van der Waals surface area contributed by atoms with E-state index in [1.54, 1.807) is 0 Å². The van der Waals surface area contributed by atoms with Gasteiger partial charge in [0.25, 0.3) is 0 Å². The van der Waals surface area contributed by atoms with Gasteiger partial charge in [-0.3, -0.25) is 0 Å². The first-order valence-electron chi connectivity index (χ1n) is 3.96. The standard InChI is InChI=1S/C8H20N2/c1-5-10(4)8(2,3)6-7-9/h5-7,9H2,1-4H3. The Morgan fingerprint density at radius 3 is 2.20 bits per heavy atom. The molecule has 0 aliphatic carbocycles. The van der Waals surface area contributed by atoms with Gasteiger partial charge in [0.15, 0.2) is 0 Å².